The lowest BCUT2D eigenvalue weighted by atomic mass is 9.66. The number of hydrogen-bond acceptors (Lipinski definition) is 6. The van der Waals surface area contributed by atoms with Crippen LogP contribution in [0.25, 0.3) is 6.08 Å². The van der Waals surface area contributed by atoms with E-state index < -0.39 is 12.1 Å². The zero-order chi connectivity index (χ0) is 30.5. The van der Waals surface area contributed by atoms with E-state index in [-0.39, 0.29) is 40.6 Å². The molecular formula is C34H49N3O5. The van der Waals surface area contributed by atoms with E-state index in [2.05, 4.69) is 38.2 Å². The number of hydrogen-bond donors (Lipinski definition) is 1. The first-order valence-corrected chi connectivity index (χ1v) is 15.9. The first-order chi connectivity index (χ1) is 19.9. The summed E-state index contributed by atoms with van der Waals surface area (Å²) in [6.07, 6.45) is 12.2. The molecule has 0 radical (unpaired) electrons. The number of likely N-dealkylation sites (tertiary alicyclic amines) is 1. The van der Waals surface area contributed by atoms with Crippen molar-refractivity contribution in [1.82, 2.24) is 10.2 Å². The molecule has 2 amide bonds. The van der Waals surface area contributed by atoms with Gasteiger partial charge in [0.05, 0.1) is 6.10 Å². The van der Waals surface area contributed by atoms with Crippen LogP contribution < -0.4 is 5.32 Å². The van der Waals surface area contributed by atoms with Gasteiger partial charge in [-0.05, 0) is 103 Å². The normalized spacial score (nSPS) is 25.2. The Morgan fingerprint density at radius 2 is 1.71 bits per heavy atom. The Bertz CT molecular complexity index is 1150. The van der Waals surface area contributed by atoms with Crippen molar-refractivity contribution in [2.75, 3.05) is 6.54 Å². The lowest BCUT2D eigenvalue weighted by Crippen LogP contribution is -2.55. The van der Waals surface area contributed by atoms with E-state index in [1.54, 1.807) is 35.2 Å². The topological polar surface area (TPSA) is 105 Å². The minimum Gasteiger partial charge on any atom is -0.461 e. The molecule has 8 nitrogen and oxygen atoms in total. The quantitative estimate of drug-likeness (QED) is 0.184. The van der Waals surface area contributed by atoms with Crippen molar-refractivity contribution in [3.8, 4) is 0 Å². The van der Waals surface area contributed by atoms with E-state index in [1.165, 1.54) is 12.5 Å². The van der Waals surface area contributed by atoms with Gasteiger partial charge in [0.25, 0.3) is 0 Å². The molecule has 1 N–H and O–H groups in total. The molecule has 1 heterocycles. The Hall–Kier alpha value is -3.03. The fraction of sp³-hybridized carbons (Fsp3) is 0.676. The molecule has 2 saturated carbocycles. The molecule has 42 heavy (non-hydrogen) atoms. The predicted molar refractivity (Wildman–Crippen MR) is 165 cm³/mol. The molecule has 230 valence electrons. The number of rotatable bonds is 10. The van der Waals surface area contributed by atoms with Crippen LogP contribution >= 0.6 is 0 Å². The molecule has 0 aromatic heterocycles. The summed E-state index contributed by atoms with van der Waals surface area (Å²) in [6.45, 7) is 11.8. The molecule has 1 aromatic rings. The number of carbonyl (C=O) groups excluding carboxylic acids is 3. The fourth-order valence-corrected chi connectivity index (χ4v) is 7.23. The zero-order valence-electron chi connectivity index (χ0n) is 26.1. The van der Waals surface area contributed by atoms with Gasteiger partial charge in [0.15, 0.2) is 0 Å². The third-order valence-electron chi connectivity index (χ3n) is 10.7. The van der Waals surface area contributed by atoms with Gasteiger partial charge < -0.3 is 15.0 Å². The van der Waals surface area contributed by atoms with Gasteiger partial charge in [-0.1, -0.05) is 59.1 Å². The molecule has 0 spiro atoms. The molecule has 4 rings (SSSR count). The van der Waals surface area contributed by atoms with Gasteiger partial charge in [-0.15, -0.1) is 4.91 Å². The van der Waals surface area contributed by atoms with Gasteiger partial charge in [-0.25, -0.2) is 4.79 Å². The van der Waals surface area contributed by atoms with Crippen LogP contribution in [0, 0.1) is 27.6 Å². The second kappa shape index (κ2) is 13.5. The number of amides is 2. The standard InChI is InChI=1S/C34H49N3O5/c1-23(22-26-19-20-33(2,3)34(26,4)5)42-32(40)28-12-9-21-37(28)31(39)30(25-10-7-6-8-11-25)35-29(38)18-15-24-13-16-27(36-41)17-14-24/h13-18,23,25-26,28,30H,6-12,19-22H2,1-5H3,(H,35,38)/b18-15+. The lowest BCUT2D eigenvalue weighted by molar-refractivity contribution is -0.159. The van der Waals surface area contributed by atoms with Crippen molar-refractivity contribution in [3.05, 3.63) is 40.8 Å². The van der Waals surface area contributed by atoms with Gasteiger partial charge in [0, 0.05) is 12.6 Å². The van der Waals surface area contributed by atoms with Gasteiger partial charge in [-0.2, -0.15) is 0 Å². The van der Waals surface area contributed by atoms with E-state index in [1.807, 2.05) is 6.92 Å². The average Bonchev–Trinajstić information content (AvgIpc) is 3.54. The third kappa shape index (κ3) is 7.30. The van der Waals surface area contributed by atoms with E-state index in [9.17, 15) is 19.3 Å². The van der Waals surface area contributed by atoms with Crippen molar-refractivity contribution in [3.63, 3.8) is 0 Å². The molecule has 3 fully saturated rings. The fourth-order valence-electron chi connectivity index (χ4n) is 7.23. The summed E-state index contributed by atoms with van der Waals surface area (Å²) < 4.78 is 5.99. The monoisotopic (exact) mass is 579 g/mol. The number of carbonyl (C=O) groups is 3. The number of ether oxygens (including phenoxy) is 1. The van der Waals surface area contributed by atoms with Gasteiger partial charge in [0.2, 0.25) is 11.8 Å². The van der Waals surface area contributed by atoms with Crippen molar-refractivity contribution in [2.45, 2.75) is 117 Å². The molecule has 4 atom stereocenters. The van der Waals surface area contributed by atoms with Crippen LogP contribution in [0.1, 0.15) is 104 Å². The average molecular weight is 580 g/mol. The molecule has 1 aliphatic heterocycles. The molecule has 4 unspecified atom stereocenters. The van der Waals surface area contributed by atoms with Gasteiger partial charge in [-0.3, -0.25) is 9.59 Å². The van der Waals surface area contributed by atoms with E-state index >= 15 is 0 Å². The summed E-state index contributed by atoms with van der Waals surface area (Å²) in [7, 11) is 0. The molecular weight excluding hydrogens is 530 g/mol. The lowest BCUT2D eigenvalue weighted by Gasteiger charge is -2.40. The smallest absolute Gasteiger partial charge is 0.329 e. The predicted octanol–water partition coefficient (Wildman–Crippen LogP) is 6.94. The minimum absolute atomic E-state index is 0.0331. The maximum absolute atomic E-state index is 14.0. The summed E-state index contributed by atoms with van der Waals surface area (Å²) in [5.41, 5.74) is 1.49. The molecule has 1 aromatic carbocycles. The molecule has 3 aliphatic rings. The van der Waals surface area contributed by atoms with Crippen LogP contribution in [0.5, 0.6) is 0 Å². The Morgan fingerprint density at radius 3 is 2.33 bits per heavy atom. The van der Waals surface area contributed by atoms with E-state index in [0.29, 0.717) is 24.6 Å². The highest BCUT2D eigenvalue weighted by molar-refractivity contribution is 5.96. The van der Waals surface area contributed by atoms with Gasteiger partial charge >= 0.3 is 5.97 Å². The van der Waals surface area contributed by atoms with Crippen molar-refractivity contribution in [2.24, 2.45) is 27.8 Å². The van der Waals surface area contributed by atoms with Crippen LogP contribution in [0.2, 0.25) is 0 Å². The molecule has 2 aliphatic carbocycles. The highest BCUT2D eigenvalue weighted by Crippen LogP contribution is 2.57. The van der Waals surface area contributed by atoms with Crippen LogP contribution in [-0.2, 0) is 19.1 Å². The Kier molecular flexibility index (Phi) is 10.3. The Morgan fingerprint density at radius 1 is 1.02 bits per heavy atom. The van der Waals surface area contributed by atoms with Crippen molar-refractivity contribution < 1.29 is 19.1 Å². The first kappa shape index (κ1) is 31.9. The summed E-state index contributed by atoms with van der Waals surface area (Å²) in [6, 6.07) is 5.29. The van der Waals surface area contributed by atoms with Crippen LogP contribution in [0.4, 0.5) is 5.69 Å². The maximum Gasteiger partial charge on any atom is 0.329 e. The Labute approximate surface area is 251 Å². The van der Waals surface area contributed by atoms with Crippen molar-refractivity contribution in [1.29, 1.82) is 0 Å². The first-order valence-electron chi connectivity index (χ1n) is 15.9. The van der Waals surface area contributed by atoms with Crippen molar-refractivity contribution >= 4 is 29.5 Å². The highest BCUT2D eigenvalue weighted by Gasteiger charge is 2.49. The van der Waals surface area contributed by atoms with E-state index in [4.69, 9.17) is 4.74 Å². The largest absolute Gasteiger partial charge is 0.461 e. The Balaban J connectivity index is 1.41. The highest BCUT2D eigenvalue weighted by atomic mass is 16.5. The number of nitroso groups, excluding NO2 is 1. The second-order valence-corrected chi connectivity index (χ2v) is 13.9. The SMILES string of the molecule is CC(CC1CCC(C)(C)C1(C)C)OC(=O)C1CCCN1C(=O)C(NC(=O)/C=C/c1ccc(N=O)cc1)C1CCCCC1. The van der Waals surface area contributed by atoms with E-state index in [0.717, 1.165) is 56.9 Å². The minimum atomic E-state index is -0.684. The molecule has 0 bridgehead atoms. The zero-order valence-corrected chi connectivity index (χ0v) is 26.1. The number of nitrogens with zero attached hydrogens (tertiary/aromatic N) is 2. The summed E-state index contributed by atoms with van der Waals surface area (Å²) in [5, 5.41) is 5.88. The number of esters is 1. The summed E-state index contributed by atoms with van der Waals surface area (Å²) in [4.78, 5) is 52.7. The van der Waals surface area contributed by atoms with Crippen LogP contribution in [-0.4, -0.2) is 47.4 Å². The number of nitrogens with one attached hydrogen (secondary N) is 1. The summed E-state index contributed by atoms with van der Waals surface area (Å²) in [5.74, 6) is -0.354. The van der Waals surface area contributed by atoms with Crippen LogP contribution in [0.15, 0.2) is 35.5 Å². The maximum atomic E-state index is 14.0. The third-order valence-corrected chi connectivity index (χ3v) is 10.7. The number of benzene rings is 1. The molecule has 8 heteroatoms. The summed E-state index contributed by atoms with van der Waals surface area (Å²) >= 11 is 0. The van der Waals surface area contributed by atoms with Gasteiger partial charge in [0.1, 0.15) is 17.8 Å². The second-order valence-electron chi connectivity index (χ2n) is 13.9. The van der Waals surface area contributed by atoms with Crippen LogP contribution in [0.3, 0.4) is 0 Å². The molecule has 1 saturated heterocycles.